The maximum atomic E-state index is 12.3. The SMILES string of the molecule is C[C@@H]1CN(S(=O)(=O)C2CCNC2)C[C@H](C)O1. The van der Waals surface area contributed by atoms with E-state index in [0.29, 0.717) is 19.6 Å². The Hall–Kier alpha value is -0.170. The second kappa shape index (κ2) is 4.60. The van der Waals surface area contributed by atoms with Crippen molar-refractivity contribution in [2.75, 3.05) is 26.2 Å². The third-order valence-corrected chi connectivity index (χ3v) is 5.45. The van der Waals surface area contributed by atoms with E-state index in [1.54, 1.807) is 4.31 Å². The van der Waals surface area contributed by atoms with Crippen LogP contribution in [0.3, 0.4) is 0 Å². The first-order chi connectivity index (χ1) is 7.50. The fraction of sp³-hybridized carbons (Fsp3) is 1.00. The Morgan fingerprint density at radius 2 is 1.88 bits per heavy atom. The minimum Gasteiger partial charge on any atom is -0.373 e. The van der Waals surface area contributed by atoms with Gasteiger partial charge in [-0.2, -0.15) is 4.31 Å². The van der Waals surface area contributed by atoms with Crippen LogP contribution >= 0.6 is 0 Å². The van der Waals surface area contributed by atoms with Gasteiger partial charge in [0.25, 0.3) is 0 Å². The van der Waals surface area contributed by atoms with Crippen LogP contribution < -0.4 is 5.32 Å². The van der Waals surface area contributed by atoms with Gasteiger partial charge in [0.2, 0.25) is 10.0 Å². The monoisotopic (exact) mass is 248 g/mol. The van der Waals surface area contributed by atoms with Gasteiger partial charge < -0.3 is 10.1 Å². The van der Waals surface area contributed by atoms with Gasteiger partial charge in [-0.3, -0.25) is 0 Å². The lowest BCUT2D eigenvalue weighted by atomic mass is 10.3. The largest absolute Gasteiger partial charge is 0.373 e. The first-order valence-corrected chi connectivity index (χ1v) is 7.35. The fourth-order valence-electron chi connectivity index (χ4n) is 2.43. The molecule has 2 aliphatic rings. The number of hydrogen-bond donors (Lipinski definition) is 1. The van der Waals surface area contributed by atoms with Gasteiger partial charge >= 0.3 is 0 Å². The van der Waals surface area contributed by atoms with Crippen LogP contribution in [-0.4, -0.2) is 56.4 Å². The smallest absolute Gasteiger partial charge is 0.218 e. The minimum absolute atomic E-state index is 0.00659. The maximum Gasteiger partial charge on any atom is 0.218 e. The Kier molecular flexibility index (Phi) is 3.53. The summed E-state index contributed by atoms with van der Waals surface area (Å²) in [5.41, 5.74) is 0. The van der Waals surface area contributed by atoms with Crippen molar-refractivity contribution in [3.05, 3.63) is 0 Å². The number of sulfonamides is 1. The molecule has 2 heterocycles. The molecule has 0 amide bonds. The number of rotatable bonds is 2. The summed E-state index contributed by atoms with van der Waals surface area (Å²) in [7, 11) is -3.14. The van der Waals surface area contributed by atoms with Gasteiger partial charge in [0.15, 0.2) is 0 Å². The molecule has 0 aliphatic carbocycles. The van der Waals surface area contributed by atoms with Crippen molar-refractivity contribution in [2.45, 2.75) is 37.7 Å². The van der Waals surface area contributed by atoms with E-state index in [1.807, 2.05) is 13.8 Å². The van der Waals surface area contributed by atoms with Crippen molar-refractivity contribution in [3.63, 3.8) is 0 Å². The molecule has 2 saturated heterocycles. The molecule has 0 saturated carbocycles. The summed E-state index contributed by atoms with van der Waals surface area (Å²) in [5.74, 6) is 0. The molecule has 0 radical (unpaired) electrons. The molecular formula is C10H20N2O3S. The summed E-state index contributed by atoms with van der Waals surface area (Å²) < 4.78 is 31.8. The molecule has 0 bridgehead atoms. The third kappa shape index (κ3) is 2.40. The maximum absolute atomic E-state index is 12.3. The van der Waals surface area contributed by atoms with Crippen LogP contribution in [0.5, 0.6) is 0 Å². The zero-order chi connectivity index (χ0) is 11.8. The molecule has 2 rings (SSSR count). The summed E-state index contributed by atoms with van der Waals surface area (Å²) in [6.45, 7) is 6.21. The first-order valence-electron chi connectivity index (χ1n) is 5.85. The molecule has 5 nitrogen and oxygen atoms in total. The Morgan fingerprint density at radius 1 is 1.25 bits per heavy atom. The van der Waals surface area contributed by atoms with Gasteiger partial charge in [-0.15, -0.1) is 0 Å². The Balaban J connectivity index is 2.10. The van der Waals surface area contributed by atoms with E-state index in [-0.39, 0.29) is 17.5 Å². The Bertz CT molecular complexity index is 328. The zero-order valence-electron chi connectivity index (χ0n) is 9.85. The zero-order valence-corrected chi connectivity index (χ0v) is 10.7. The van der Waals surface area contributed by atoms with Crippen molar-refractivity contribution in [3.8, 4) is 0 Å². The third-order valence-electron chi connectivity index (χ3n) is 3.18. The second-order valence-corrected chi connectivity index (χ2v) is 6.95. The molecule has 1 N–H and O–H groups in total. The van der Waals surface area contributed by atoms with Gasteiger partial charge in [0.05, 0.1) is 17.5 Å². The number of ether oxygens (including phenoxy) is 1. The Labute approximate surface area is 97.2 Å². The predicted molar refractivity (Wildman–Crippen MR) is 61.8 cm³/mol. The topological polar surface area (TPSA) is 58.6 Å². The van der Waals surface area contributed by atoms with Crippen molar-refractivity contribution in [2.24, 2.45) is 0 Å². The normalized spacial score (nSPS) is 37.8. The first kappa shape index (κ1) is 12.3. The molecule has 3 atom stereocenters. The molecule has 0 aromatic heterocycles. The molecule has 0 spiro atoms. The number of nitrogens with one attached hydrogen (secondary N) is 1. The van der Waals surface area contributed by atoms with Crippen molar-refractivity contribution < 1.29 is 13.2 Å². The highest BCUT2D eigenvalue weighted by atomic mass is 32.2. The van der Waals surface area contributed by atoms with E-state index >= 15 is 0 Å². The molecule has 2 aliphatic heterocycles. The number of morpholine rings is 1. The molecule has 0 aromatic carbocycles. The summed E-state index contributed by atoms with van der Waals surface area (Å²) in [6.07, 6.45) is 0.711. The highest BCUT2D eigenvalue weighted by Gasteiger charge is 2.37. The molecular weight excluding hydrogens is 228 g/mol. The highest BCUT2D eigenvalue weighted by molar-refractivity contribution is 7.89. The summed E-state index contributed by atoms with van der Waals surface area (Å²) in [4.78, 5) is 0. The fourth-order valence-corrected chi connectivity index (χ4v) is 4.43. The second-order valence-electron chi connectivity index (χ2n) is 4.73. The Morgan fingerprint density at radius 3 is 2.38 bits per heavy atom. The van der Waals surface area contributed by atoms with Gasteiger partial charge in [0.1, 0.15) is 0 Å². The predicted octanol–water partition coefficient (Wildman–Crippen LogP) is -0.213. The molecule has 94 valence electrons. The van der Waals surface area contributed by atoms with Crippen LogP contribution in [-0.2, 0) is 14.8 Å². The average molecular weight is 248 g/mol. The van der Waals surface area contributed by atoms with Crippen LogP contribution in [0, 0.1) is 0 Å². The van der Waals surface area contributed by atoms with Gasteiger partial charge in [-0.25, -0.2) is 8.42 Å². The van der Waals surface area contributed by atoms with Crippen LogP contribution in [0.25, 0.3) is 0 Å². The molecule has 16 heavy (non-hydrogen) atoms. The van der Waals surface area contributed by atoms with E-state index in [0.717, 1.165) is 13.0 Å². The van der Waals surface area contributed by atoms with E-state index in [9.17, 15) is 8.42 Å². The lowest BCUT2D eigenvalue weighted by Gasteiger charge is -2.35. The van der Waals surface area contributed by atoms with E-state index < -0.39 is 10.0 Å². The summed E-state index contributed by atoms with van der Waals surface area (Å²) in [6, 6.07) is 0. The van der Waals surface area contributed by atoms with E-state index in [4.69, 9.17) is 4.74 Å². The van der Waals surface area contributed by atoms with Crippen LogP contribution in [0.1, 0.15) is 20.3 Å². The standard InChI is InChI=1S/C10H20N2O3S/c1-8-6-12(7-9(2)15-8)16(13,14)10-3-4-11-5-10/h8-11H,3-7H2,1-2H3/t8-,9+,10?. The van der Waals surface area contributed by atoms with Crippen LogP contribution in [0.15, 0.2) is 0 Å². The van der Waals surface area contributed by atoms with E-state index in [1.165, 1.54) is 0 Å². The molecule has 2 fully saturated rings. The quantitative estimate of drug-likeness (QED) is 0.734. The van der Waals surface area contributed by atoms with Gasteiger partial charge in [-0.1, -0.05) is 0 Å². The summed E-state index contributed by atoms with van der Waals surface area (Å²) in [5, 5.41) is 2.86. The van der Waals surface area contributed by atoms with Gasteiger partial charge in [0, 0.05) is 19.6 Å². The lowest BCUT2D eigenvalue weighted by molar-refractivity contribution is -0.0442. The minimum atomic E-state index is -3.14. The van der Waals surface area contributed by atoms with Crippen molar-refractivity contribution in [1.82, 2.24) is 9.62 Å². The van der Waals surface area contributed by atoms with E-state index in [2.05, 4.69) is 5.32 Å². The van der Waals surface area contributed by atoms with Crippen LogP contribution in [0.2, 0.25) is 0 Å². The summed E-state index contributed by atoms with van der Waals surface area (Å²) >= 11 is 0. The van der Waals surface area contributed by atoms with Crippen molar-refractivity contribution >= 4 is 10.0 Å². The molecule has 6 heteroatoms. The number of nitrogens with zero attached hydrogens (tertiary/aromatic N) is 1. The number of hydrogen-bond acceptors (Lipinski definition) is 4. The lowest BCUT2D eigenvalue weighted by Crippen LogP contribution is -2.51. The van der Waals surface area contributed by atoms with Crippen LogP contribution in [0.4, 0.5) is 0 Å². The average Bonchev–Trinajstić information content (AvgIpc) is 2.69. The highest BCUT2D eigenvalue weighted by Crippen LogP contribution is 2.20. The molecule has 0 aromatic rings. The van der Waals surface area contributed by atoms with Gasteiger partial charge in [-0.05, 0) is 26.8 Å². The molecule has 1 unspecified atom stereocenters. The van der Waals surface area contributed by atoms with Crippen molar-refractivity contribution in [1.29, 1.82) is 0 Å².